The van der Waals surface area contributed by atoms with E-state index < -0.39 is 0 Å². The highest BCUT2D eigenvalue weighted by Crippen LogP contribution is 2.16. The predicted octanol–water partition coefficient (Wildman–Crippen LogP) is 5.45. The number of Topliss-reactive ketones (excluding diaryl/α,β-unsaturated/α-hetero) is 1. The van der Waals surface area contributed by atoms with E-state index in [1.54, 1.807) is 0 Å². The predicted molar refractivity (Wildman–Crippen MR) is 118 cm³/mol. The zero-order chi connectivity index (χ0) is 20.5. The molecule has 0 saturated carbocycles. The Kier molecular flexibility index (Phi) is 7.60. The molecule has 0 heterocycles. The molecule has 0 radical (unpaired) electrons. The van der Waals surface area contributed by atoms with Gasteiger partial charge in [-0.2, -0.15) is 0 Å². The number of benzene rings is 3. The van der Waals surface area contributed by atoms with E-state index in [1.807, 2.05) is 67.6 Å². The molecule has 1 N–H and O–H groups in total. The summed E-state index contributed by atoms with van der Waals surface area (Å²) in [5, 5.41) is 3.43. The highest BCUT2D eigenvalue weighted by molar-refractivity contribution is 5.99. The smallest absolute Gasteiger partial charge is 0.179 e. The lowest BCUT2D eigenvalue weighted by Crippen LogP contribution is -2.40. The fourth-order valence-electron chi connectivity index (χ4n) is 3.32. The van der Waals surface area contributed by atoms with Gasteiger partial charge in [0.25, 0.3) is 0 Å². The summed E-state index contributed by atoms with van der Waals surface area (Å²) in [6.07, 6.45) is 2.00. The number of aryl methyl sites for hydroxylation is 1. The topological polar surface area (TPSA) is 38.3 Å². The molecule has 0 amide bonds. The maximum Gasteiger partial charge on any atom is 0.179 e. The molecule has 3 aromatic rings. The van der Waals surface area contributed by atoms with Crippen LogP contribution in [-0.4, -0.2) is 17.9 Å². The van der Waals surface area contributed by atoms with Gasteiger partial charge in [0.05, 0.1) is 6.04 Å². The number of ketones is 1. The van der Waals surface area contributed by atoms with E-state index >= 15 is 0 Å². The lowest BCUT2D eigenvalue weighted by molar-refractivity contribution is 0.0944. The van der Waals surface area contributed by atoms with Gasteiger partial charge in [0, 0.05) is 11.6 Å². The average Bonchev–Trinajstić information content (AvgIpc) is 2.77. The summed E-state index contributed by atoms with van der Waals surface area (Å²) in [7, 11) is 0. The Bertz CT molecular complexity index is 876. The first-order valence-corrected chi connectivity index (χ1v) is 10.2. The van der Waals surface area contributed by atoms with Gasteiger partial charge in [0.15, 0.2) is 5.78 Å². The molecule has 0 aliphatic heterocycles. The minimum Gasteiger partial charge on any atom is -0.489 e. The van der Waals surface area contributed by atoms with Crippen LogP contribution >= 0.6 is 0 Å². The molecule has 0 saturated heterocycles. The zero-order valence-corrected chi connectivity index (χ0v) is 17.2. The van der Waals surface area contributed by atoms with Gasteiger partial charge in [0.2, 0.25) is 0 Å². The second-order valence-corrected chi connectivity index (χ2v) is 7.48. The summed E-state index contributed by atoms with van der Waals surface area (Å²) in [6, 6.07) is 27.9. The van der Waals surface area contributed by atoms with Gasteiger partial charge in [-0.1, -0.05) is 60.7 Å². The van der Waals surface area contributed by atoms with Crippen molar-refractivity contribution < 1.29 is 9.53 Å². The zero-order valence-electron chi connectivity index (χ0n) is 17.2. The monoisotopic (exact) mass is 387 g/mol. The molecule has 3 aromatic carbocycles. The molecule has 2 atom stereocenters. The molecule has 0 unspecified atom stereocenters. The lowest BCUT2D eigenvalue weighted by Gasteiger charge is -2.19. The second-order valence-electron chi connectivity index (χ2n) is 7.48. The Morgan fingerprint density at radius 2 is 1.41 bits per heavy atom. The van der Waals surface area contributed by atoms with Crippen molar-refractivity contribution in [2.24, 2.45) is 0 Å². The largest absolute Gasteiger partial charge is 0.489 e. The minimum absolute atomic E-state index is 0.103. The molecule has 0 bridgehead atoms. The molecule has 29 heavy (non-hydrogen) atoms. The van der Waals surface area contributed by atoms with E-state index in [1.165, 1.54) is 5.56 Å². The van der Waals surface area contributed by atoms with Crippen LogP contribution in [0.15, 0.2) is 84.9 Å². The molecule has 3 heteroatoms. The number of nitrogens with one attached hydrogen (secondary N) is 1. The van der Waals surface area contributed by atoms with Crippen LogP contribution in [0.1, 0.15) is 41.8 Å². The number of hydrogen-bond acceptors (Lipinski definition) is 3. The van der Waals surface area contributed by atoms with E-state index in [0.29, 0.717) is 12.2 Å². The maximum atomic E-state index is 12.7. The van der Waals surface area contributed by atoms with Gasteiger partial charge in [-0.3, -0.25) is 4.79 Å². The molecule has 3 rings (SSSR count). The van der Waals surface area contributed by atoms with E-state index in [4.69, 9.17) is 4.74 Å². The van der Waals surface area contributed by atoms with Crippen molar-refractivity contribution in [2.75, 3.05) is 0 Å². The van der Waals surface area contributed by atoms with Crippen LogP contribution in [0.4, 0.5) is 0 Å². The van der Waals surface area contributed by atoms with Crippen molar-refractivity contribution in [3.63, 3.8) is 0 Å². The Balaban J connectivity index is 1.47. The number of hydrogen-bond donors (Lipinski definition) is 1. The number of carbonyl (C=O) groups excluding carboxylic acids is 1. The third-order valence-electron chi connectivity index (χ3n) is 5.02. The normalized spacial score (nSPS) is 12.9. The third-order valence-corrected chi connectivity index (χ3v) is 5.02. The summed E-state index contributed by atoms with van der Waals surface area (Å²) in [6.45, 7) is 4.58. The first kappa shape index (κ1) is 20.8. The van der Waals surface area contributed by atoms with Gasteiger partial charge in [-0.15, -0.1) is 0 Å². The Morgan fingerprint density at radius 1 is 0.828 bits per heavy atom. The maximum absolute atomic E-state index is 12.7. The molecule has 0 spiro atoms. The van der Waals surface area contributed by atoms with Crippen molar-refractivity contribution in [3.05, 3.63) is 102 Å². The van der Waals surface area contributed by atoms with Crippen LogP contribution in [0, 0.1) is 0 Å². The quantitative estimate of drug-likeness (QED) is 0.470. The van der Waals surface area contributed by atoms with Crippen LogP contribution in [0.25, 0.3) is 0 Å². The summed E-state index contributed by atoms with van der Waals surface area (Å²) in [5.41, 5.74) is 3.15. The van der Waals surface area contributed by atoms with Gasteiger partial charge in [0.1, 0.15) is 12.4 Å². The van der Waals surface area contributed by atoms with Crippen molar-refractivity contribution in [2.45, 2.75) is 45.4 Å². The highest BCUT2D eigenvalue weighted by atomic mass is 16.5. The van der Waals surface area contributed by atoms with Crippen LogP contribution < -0.4 is 10.1 Å². The summed E-state index contributed by atoms with van der Waals surface area (Å²) >= 11 is 0. The van der Waals surface area contributed by atoms with E-state index in [0.717, 1.165) is 24.2 Å². The number of rotatable bonds is 10. The Morgan fingerprint density at radius 3 is 2.03 bits per heavy atom. The van der Waals surface area contributed by atoms with Crippen LogP contribution in [0.2, 0.25) is 0 Å². The van der Waals surface area contributed by atoms with Gasteiger partial charge in [-0.05, 0) is 62.1 Å². The third kappa shape index (κ3) is 6.58. The summed E-state index contributed by atoms with van der Waals surface area (Å²) in [5.74, 6) is 0.869. The molecule has 0 aliphatic carbocycles. The van der Waals surface area contributed by atoms with Crippen molar-refractivity contribution in [1.82, 2.24) is 5.32 Å². The van der Waals surface area contributed by atoms with E-state index in [-0.39, 0.29) is 17.9 Å². The van der Waals surface area contributed by atoms with Gasteiger partial charge < -0.3 is 10.1 Å². The Labute approximate surface area is 173 Å². The van der Waals surface area contributed by atoms with Crippen LogP contribution in [0.3, 0.4) is 0 Å². The lowest BCUT2D eigenvalue weighted by atomic mass is 10.0. The second kappa shape index (κ2) is 10.6. The van der Waals surface area contributed by atoms with Crippen molar-refractivity contribution >= 4 is 5.78 Å². The number of carbonyl (C=O) groups is 1. The van der Waals surface area contributed by atoms with Crippen LogP contribution in [0.5, 0.6) is 5.75 Å². The SMILES string of the molecule is C[C@@H](CCc1ccccc1)N[C@H](C)C(=O)c1ccc(OCc2ccccc2)cc1. The first-order chi connectivity index (χ1) is 14.1. The van der Waals surface area contributed by atoms with Crippen LogP contribution in [-0.2, 0) is 13.0 Å². The molecule has 0 aliphatic rings. The standard InChI is InChI=1S/C26H29NO2/c1-20(13-14-22-9-5-3-6-10-22)27-21(2)26(28)24-15-17-25(18-16-24)29-19-23-11-7-4-8-12-23/h3-12,15-18,20-21,27H,13-14,19H2,1-2H3/t20-,21+/m0/s1. The fourth-order valence-corrected chi connectivity index (χ4v) is 3.32. The van der Waals surface area contributed by atoms with Gasteiger partial charge in [-0.25, -0.2) is 0 Å². The summed E-state index contributed by atoms with van der Waals surface area (Å²) in [4.78, 5) is 12.7. The molecular formula is C26H29NO2. The molecule has 0 fully saturated rings. The van der Waals surface area contributed by atoms with E-state index in [9.17, 15) is 4.79 Å². The molecule has 3 nitrogen and oxygen atoms in total. The number of ether oxygens (including phenoxy) is 1. The van der Waals surface area contributed by atoms with Crippen molar-refractivity contribution in [1.29, 1.82) is 0 Å². The van der Waals surface area contributed by atoms with Crippen molar-refractivity contribution in [3.8, 4) is 5.75 Å². The van der Waals surface area contributed by atoms with Gasteiger partial charge >= 0.3 is 0 Å². The van der Waals surface area contributed by atoms with E-state index in [2.05, 4.69) is 36.5 Å². The Hall–Kier alpha value is -2.91. The average molecular weight is 388 g/mol. The molecular weight excluding hydrogens is 358 g/mol. The first-order valence-electron chi connectivity index (χ1n) is 10.2. The summed E-state index contributed by atoms with van der Waals surface area (Å²) < 4.78 is 5.80. The molecule has 150 valence electrons. The minimum atomic E-state index is -0.225. The highest BCUT2D eigenvalue weighted by Gasteiger charge is 2.17. The fraction of sp³-hybridized carbons (Fsp3) is 0.269. The molecule has 0 aromatic heterocycles.